The van der Waals surface area contributed by atoms with Crippen molar-refractivity contribution in [3.63, 3.8) is 0 Å². The third-order valence-corrected chi connectivity index (χ3v) is 3.21. The average Bonchev–Trinajstić information content (AvgIpc) is 2.43. The van der Waals surface area contributed by atoms with E-state index in [9.17, 15) is 0 Å². The predicted octanol–water partition coefficient (Wildman–Crippen LogP) is 3.16. The van der Waals surface area contributed by atoms with Gasteiger partial charge in [0.15, 0.2) is 0 Å². The first-order valence-electron chi connectivity index (χ1n) is 6.82. The van der Waals surface area contributed by atoms with Crippen LogP contribution in [0.1, 0.15) is 32.3 Å². The van der Waals surface area contributed by atoms with Crippen LogP contribution in [0.25, 0.3) is 0 Å². The molecule has 104 valence electrons. The first-order valence-corrected chi connectivity index (χ1v) is 6.82. The standard InChI is InChI=1S/C16H24N2O/c1-16(2,13-17)10-4-11-18-12-9-14-5-7-15(19-3)8-6-14/h5-8,18H,4,9-12H2,1-3H3. The van der Waals surface area contributed by atoms with Gasteiger partial charge in [0, 0.05) is 0 Å². The predicted molar refractivity (Wildman–Crippen MR) is 78.2 cm³/mol. The summed E-state index contributed by atoms with van der Waals surface area (Å²) in [6.45, 7) is 5.93. The van der Waals surface area contributed by atoms with E-state index >= 15 is 0 Å². The molecule has 3 heteroatoms. The summed E-state index contributed by atoms with van der Waals surface area (Å²) in [6, 6.07) is 10.5. The Hall–Kier alpha value is -1.53. The summed E-state index contributed by atoms with van der Waals surface area (Å²) in [5.74, 6) is 0.899. The van der Waals surface area contributed by atoms with Crippen molar-refractivity contribution in [3.05, 3.63) is 29.8 Å². The van der Waals surface area contributed by atoms with E-state index in [0.717, 1.165) is 38.1 Å². The molecule has 0 aromatic heterocycles. The molecule has 3 nitrogen and oxygen atoms in total. The summed E-state index contributed by atoms with van der Waals surface area (Å²) in [5, 5.41) is 12.3. The van der Waals surface area contributed by atoms with Gasteiger partial charge >= 0.3 is 0 Å². The van der Waals surface area contributed by atoms with Gasteiger partial charge in [0.25, 0.3) is 0 Å². The molecule has 0 saturated carbocycles. The molecule has 0 atom stereocenters. The van der Waals surface area contributed by atoms with E-state index < -0.39 is 0 Å². The molecular weight excluding hydrogens is 236 g/mol. The normalized spacial score (nSPS) is 11.1. The van der Waals surface area contributed by atoms with Crippen LogP contribution in [-0.4, -0.2) is 20.2 Å². The summed E-state index contributed by atoms with van der Waals surface area (Å²) in [7, 11) is 1.68. The maximum Gasteiger partial charge on any atom is 0.118 e. The van der Waals surface area contributed by atoms with E-state index in [1.54, 1.807) is 7.11 Å². The van der Waals surface area contributed by atoms with Gasteiger partial charge in [0.2, 0.25) is 0 Å². The third-order valence-electron chi connectivity index (χ3n) is 3.21. The van der Waals surface area contributed by atoms with Crippen molar-refractivity contribution in [1.29, 1.82) is 5.26 Å². The van der Waals surface area contributed by atoms with Crippen molar-refractivity contribution in [1.82, 2.24) is 5.32 Å². The average molecular weight is 260 g/mol. The molecule has 0 aliphatic heterocycles. The Bertz CT molecular complexity index is 404. The zero-order valence-electron chi connectivity index (χ0n) is 12.2. The first kappa shape index (κ1) is 15.5. The monoisotopic (exact) mass is 260 g/mol. The molecule has 0 amide bonds. The second-order valence-electron chi connectivity index (χ2n) is 5.45. The number of nitriles is 1. The number of nitrogens with zero attached hydrogens (tertiary/aromatic N) is 1. The fourth-order valence-electron chi connectivity index (χ4n) is 1.86. The SMILES string of the molecule is COc1ccc(CCNCCCC(C)(C)C#N)cc1. The highest BCUT2D eigenvalue weighted by molar-refractivity contribution is 5.27. The lowest BCUT2D eigenvalue weighted by molar-refractivity contribution is 0.414. The Morgan fingerprint density at radius 2 is 1.89 bits per heavy atom. The lowest BCUT2D eigenvalue weighted by atomic mass is 9.90. The number of hydrogen-bond donors (Lipinski definition) is 1. The Labute approximate surface area is 116 Å². The Morgan fingerprint density at radius 1 is 1.21 bits per heavy atom. The van der Waals surface area contributed by atoms with E-state index in [4.69, 9.17) is 10.00 Å². The Kier molecular flexibility index (Phi) is 6.38. The minimum absolute atomic E-state index is 0.197. The van der Waals surface area contributed by atoms with E-state index in [-0.39, 0.29) is 5.41 Å². The van der Waals surface area contributed by atoms with E-state index in [0.29, 0.717) is 0 Å². The van der Waals surface area contributed by atoms with Crippen LogP contribution < -0.4 is 10.1 Å². The fourth-order valence-corrected chi connectivity index (χ4v) is 1.86. The quantitative estimate of drug-likeness (QED) is 0.730. The molecule has 0 aliphatic rings. The van der Waals surface area contributed by atoms with Gasteiger partial charge in [-0.2, -0.15) is 5.26 Å². The van der Waals surface area contributed by atoms with Crippen LogP contribution in [0.3, 0.4) is 0 Å². The smallest absolute Gasteiger partial charge is 0.118 e. The minimum atomic E-state index is -0.197. The van der Waals surface area contributed by atoms with Gasteiger partial charge < -0.3 is 10.1 Å². The number of nitrogens with one attached hydrogen (secondary N) is 1. The van der Waals surface area contributed by atoms with Crippen molar-refractivity contribution in [2.45, 2.75) is 33.1 Å². The molecule has 0 spiro atoms. The van der Waals surface area contributed by atoms with Gasteiger partial charge in [-0.15, -0.1) is 0 Å². The van der Waals surface area contributed by atoms with Crippen molar-refractivity contribution >= 4 is 0 Å². The largest absolute Gasteiger partial charge is 0.497 e. The maximum absolute atomic E-state index is 8.91. The zero-order valence-corrected chi connectivity index (χ0v) is 12.2. The number of benzene rings is 1. The van der Waals surface area contributed by atoms with E-state index in [2.05, 4.69) is 23.5 Å². The van der Waals surface area contributed by atoms with Crippen molar-refractivity contribution in [2.24, 2.45) is 5.41 Å². The summed E-state index contributed by atoms with van der Waals surface area (Å²) >= 11 is 0. The molecule has 19 heavy (non-hydrogen) atoms. The summed E-state index contributed by atoms with van der Waals surface area (Å²) < 4.78 is 5.13. The van der Waals surface area contributed by atoms with Gasteiger partial charge in [-0.3, -0.25) is 0 Å². The summed E-state index contributed by atoms with van der Waals surface area (Å²) in [6.07, 6.45) is 3.01. The molecule has 0 radical (unpaired) electrons. The molecule has 0 saturated heterocycles. The highest BCUT2D eigenvalue weighted by Gasteiger charge is 2.15. The van der Waals surface area contributed by atoms with E-state index in [1.807, 2.05) is 26.0 Å². The molecule has 0 heterocycles. The van der Waals surface area contributed by atoms with Gasteiger partial charge in [-0.05, 0) is 63.9 Å². The van der Waals surface area contributed by atoms with Crippen LogP contribution in [0, 0.1) is 16.7 Å². The van der Waals surface area contributed by atoms with Gasteiger partial charge in [0.05, 0.1) is 18.6 Å². The van der Waals surface area contributed by atoms with Gasteiger partial charge in [-0.25, -0.2) is 0 Å². The van der Waals surface area contributed by atoms with Crippen molar-refractivity contribution in [3.8, 4) is 11.8 Å². The lowest BCUT2D eigenvalue weighted by Gasteiger charge is -2.14. The highest BCUT2D eigenvalue weighted by atomic mass is 16.5. The minimum Gasteiger partial charge on any atom is -0.497 e. The molecule has 1 rings (SSSR count). The molecule has 1 aromatic rings. The van der Waals surface area contributed by atoms with E-state index in [1.165, 1.54) is 5.56 Å². The van der Waals surface area contributed by atoms with Gasteiger partial charge in [0.1, 0.15) is 5.75 Å². The van der Waals surface area contributed by atoms with Crippen LogP contribution in [0.2, 0.25) is 0 Å². The highest BCUT2D eigenvalue weighted by Crippen LogP contribution is 2.19. The lowest BCUT2D eigenvalue weighted by Crippen LogP contribution is -2.20. The van der Waals surface area contributed by atoms with Crippen molar-refractivity contribution in [2.75, 3.05) is 20.2 Å². The molecule has 1 aromatic carbocycles. The second kappa shape index (κ2) is 7.81. The van der Waals surface area contributed by atoms with Gasteiger partial charge in [-0.1, -0.05) is 12.1 Å². The van der Waals surface area contributed by atoms with Crippen molar-refractivity contribution < 1.29 is 4.74 Å². The summed E-state index contributed by atoms with van der Waals surface area (Å²) in [4.78, 5) is 0. The fraction of sp³-hybridized carbons (Fsp3) is 0.562. The summed E-state index contributed by atoms with van der Waals surface area (Å²) in [5.41, 5.74) is 1.11. The number of ether oxygens (including phenoxy) is 1. The molecule has 0 fully saturated rings. The number of methoxy groups -OCH3 is 1. The molecule has 0 bridgehead atoms. The molecular formula is C16H24N2O. The Balaban J connectivity index is 2.12. The van der Waals surface area contributed by atoms with Crippen LogP contribution in [0.4, 0.5) is 0 Å². The Morgan fingerprint density at radius 3 is 2.47 bits per heavy atom. The van der Waals surface area contributed by atoms with Crippen LogP contribution in [-0.2, 0) is 6.42 Å². The first-order chi connectivity index (χ1) is 9.07. The van der Waals surface area contributed by atoms with Crippen LogP contribution >= 0.6 is 0 Å². The molecule has 0 unspecified atom stereocenters. The maximum atomic E-state index is 8.91. The van der Waals surface area contributed by atoms with Crippen LogP contribution in [0.5, 0.6) is 5.75 Å². The second-order valence-corrected chi connectivity index (χ2v) is 5.45. The zero-order chi connectivity index (χ0) is 14.1. The van der Waals surface area contributed by atoms with Crippen LogP contribution in [0.15, 0.2) is 24.3 Å². The topological polar surface area (TPSA) is 45.0 Å². The molecule has 1 N–H and O–H groups in total. The number of hydrogen-bond acceptors (Lipinski definition) is 3. The number of rotatable bonds is 8. The third kappa shape index (κ3) is 6.26. The molecule has 0 aliphatic carbocycles.